The second kappa shape index (κ2) is 9.92. The molecule has 0 radical (unpaired) electrons. The van der Waals surface area contributed by atoms with Crippen molar-refractivity contribution in [2.24, 2.45) is 12.5 Å². The van der Waals surface area contributed by atoms with Gasteiger partial charge in [-0.2, -0.15) is 5.10 Å². The van der Waals surface area contributed by atoms with Crippen molar-refractivity contribution in [2.75, 3.05) is 5.32 Å². The summed E-state index contributed by atoms with van der Waals surface area (Å²) in [5.41, 5.74) is 0.125. The highest BCUT2D eigenvalue weighted by molar-refractivity contribution is 7.89. The van der Waals surface area contributed by atoms with E-state index in [0.29, 0.717) is 12.1 Å². The summed E-state index contributed by atoms with van der Waals surface area (Å²) in [6.07, 6.45) is 0.824. The third-order valence-electron chi connectivity index (χ3n) is 4.81. The number of hydrogen-bond donors (Lipinski definition) is 3. The Balaban J connectivity index is 2.52. The smallest absolute Gasteiger partial charge is 0.356 e. The van der Waals surface area contributed by atoms with E-state index in [1.807, 2.05) is 27.7 Å². The first kappa shape index (κ1) is 26.3. The number of aromatic nitrogens is 2. The number of anilines is 1. The van der Waals surface area contributed by atoms with Gasteiger partial charge >= 0.3 is 5.97 Å². The highest BCUT2D eigenvalue weighted by Crippen LogP contribution is 2.34. The SMILES string of the molecule is CC[C@@H](C)NS(=O)(=O)c1cc(NC(=O)CC(C)(C)C)ccc1Oc1c(C)c(C(=O)O)nn1C. The van der Waals surface area contributed by atoms with Crippen molar-refractivity contribution in [2.45, 2.75) is 65.3 Å². The van der Waals surface area contributed by atoms with Gasteiger partial charge in [0, 0.05) is 30.8 Å². The minimum atomic E-state index is -4.02. The summed E-state index contributed by atoms with van der Waals surface area (Å²) >= 11 is 0. The number of carbonyl (C=O) groups is 2. The van der Waals surface area contributed by atoms with Crippen molar-refractivity contribution >= 4 is 27.6 Å². The molecule has 0 aliphatic heterocycles. The van der Waals surface area contributed by atoms with Crippen LogP contribution in [0.1, 0.15) is 63.5 Å². The number of sulfonamides is 1. The van der Waals surface area contributed by atoms with Gasteiger partial charge in [0.05, 0.1) is 0 Å². The molecule has 2 aromatic rings. The zero-order valence-electron chi connectivity index (χ0n) is 20.0. The third kappa shape index (κ3) is 6.78. The normalized spacial score (nSPS) is 12.9. The number of rotatable bonds is 9. The molecule has 1 aromatic heterocycles. The summed E-state index contributed by atoms with van der Waals surface area (Å²) < 4.78 is 35.9. The molecule has 1 amide bonds. The van der Waals surface area contributed by atoms with Crippen LogP contribution in [0.4, 0.5) is 5.69 Å². The van der Waals surface area contributed by atoms with E-state index in [1.165, 1.54) is 36.9 Å². The lowest BCUT2D eigenvalue weighted by molar-refractivity contribution is -0.117. The Morgan fingerprint density at radius 3 is 2.42 bits per heavy atom. The van der Waals surface area contributed by atoms with Gasteiger partial charge in [-0.3, -0.25) is 4.79 Å². The fraction of sp³-hybridized carbons (Fsp3) is 0.500. The fourth-order valence-corrected chi connectivity index (χ4v) is 4.52. The second-order valence-corrected chi connectivity index (χ2v) is 10.9. The van der Waals surface area contributed by atoms with Gasteiger partial charge in [-0.1, -0.05) is 27.7 Å². The predicted octanol–water partition coefficient (Wildman–Crippen LogP) is 3.67. The van der Waals surface area contributed by atoms with E-state index in [1.54, 1.807) is 6.92 Å². The van der Waals surface area contributed by atoms with Gasteiger partial charge in [-0.25, -0.2) is 22.6 Å². The van der Waals surface area contributed by atoms with Crippen LogP contribution in [0, 0.1) is 12.3 Å². The Morgan fingerprint density at radius 2 is 1.91 bits per heavy atom. The van der Waals surface area contributed by atoms with Crippen LogP contribution >= 0.6 is 0 Å². The Morgan fingerprint density at radius 1 is 1.27 bits per heavy atom. The Hall–Kier alpha value is -2.92. The van der Waals surface area contributed by atoms with Crippen molar-refractivity contribution in [1.82, 2.24) is 14.5 Å². The summed E-state index contributed by atoms with van der Waals surface area (Å²) in [6, 6.07) is 3.94. The molecule has 10 nitrogen and oxygen atoms in total. The van der Waals surface area contributed by atoms with Crippen molar-refractivity contribution in [3.8, 4) is 11.6 Å². The van der Waals surface area contributed by atoms with Crippen LogP contribution in [0.25, 0.3) is 0 Å². The van der Waals surface area contributed by atoms with E-state index < -0.39 is 16.0 Å². The van der Waals surface area contributed by atoms with Crippen LogP contribution in [-0.4, -0.2) is 41.2 Å². The van der Waals surface area contributed by atoms with Crippen LogP contribution in [-0.2, 0) is 21.9 Å². The number of carbonyl (C=O) groups excluding carboxylic acids is 1. The molecule has 3 N–H and O–H groups in total. The lowest BCUT2D eigenvalue weighted by atomic mass is 9.92. The van der Waals surface area contributed by atoms with Gasteiger partial charge in [-0.15, -0.1) is 0 Å². The van der Waals surface area contributed by atoms with E-state index in [2.05, 4.69) is 15.1 Å². The molecule has 1 heterocycles. The molecule has 182 valence electrons. The first-order chi connectivity index (χ1) is 15.1. The molecule has 0 aliphatic carbocycles. The monoisotopic (exact) mass is 480 g/mol. The molecule has 0 saturated heterocycles. The van der Waals surface area contributed by atoms with E-state index in [-0.39, 0.29) is 51.6 Å². The second-order valence-electron chi connectivity index (χ2n) is 9.19. The average molecular weight is 481 g/mol. The molecular formula is C22H32N4O6S. The fourth-order valence-electron chi connectivity index (χ4n) is 3.04. The number of benzene rings is 1. The highest BCUT2D eigenvalue weighted by Gasteiger charge is 2.26. The van der Waals surface area contributed by atoms with Crippen molar-refractivity contribution in [3.63, 3.8) is 0 Å². The van der Waals surface area contributed by atoms with Crippen LogP contribution in [0.5, 0.6) is 11.6 Å². The highest BCUT2D eigenvalue weighted by atomic mass is 32.2. The summed E-state index contributed by atoms with van der Waals surface area (Å²) in [5.74, 6) is -1.40. The minimum absolute atomic E-state index is 0.0253. The molecule has 0 fully saturated rings. The average Bonchev–Trinajstić information content (AvgIpc) is 2.95. The molecule has 0 saturated carbocycles. The topological polar surface area (TPSA) is 140 Å². The zero-order valence-corrected chi connectivity index (χ0v) is 20.8. The Labute approximate surface area is 194 Å². The number of carboxylic acids is 1. The Kier molecular flexibility index (Phi) is 7.91. The van der Waals surface area contributed by atoms with Crippen LogP contribution in [0.2, 0.25) is 0 Å². The van der Waals surface area contributed by atoms with Gasteiger partial charge in [-0.05, 0) is 43.9 Å². The molecule has 0 spiro atoms. The first-order valence-corrected chi connectivity index (χ1v) is 12.0. The molecule has 0 unspecified atom stereocenters. The van der Waals surface area contributed by atoms with Gasteiger partial charge < -0.3 is 15.2 Å². The lowest BCUT2D eigenvalue weighted by Crippen LogP contribution is -2.32. The predicted molar refractivity (Wildman–Crippen MR) is 124 cm³/mol. The molecule has 11 heteroatoms. The minimum Gasteiger partial charge on any atom is -0.476 e. The summed E-state index contributed by atoms with van der Waals surface area (Å²) in [7, 11) is -2.52. The maximum absolute atomic E-state index is 13.1. The maximum Gasteiger partial charge on any atom is 0.356 e. The molecule has 0 bridgehead atoms. The van der Waals surface area contributed by atoms with Gasteiger partial charge in [0.25, 0.3) is 0 Å². The molecule has 1 atom stereocenters. The molecule has 33 heavy (non-hydrogen) atoms. The van der Waals surface area contributed by atoms with Crippen molar-refractivity contribution in [1.29, 1.82) is 0 Å². The number of amides is 1. The summed E-state index contributed by atoms with van der Waals surface area (Å²) in [5, 5.41) is 16.0. The van der Waals surface area contributed by atoms with Crippen LogP contribution in [0.15, 0.2) is 23.1 Å². The number of ether oxygens (including phenoxy) is 1. The molecule has 2 rings (SSSR count). The van der Waals surface area contributed by atoms with Crippen molar-refractivity contribution in [3.05, 3.63) is 29.5 Å². The number of hydrogen-bond acceptors (Lipinski definition) is 6. The van der Waals surface area contributed by atoms with E-state index >= 15 is 0 Å². The Bertz CT molecular complexity index is 1150. The van der Waals surface area contributed by atoms with E-state index in [9.17, 15) is 23.1 Å². The van der Waals surface area contributed by atoms with Gasteiger partial charge in [0.2, 0.25) is 21.8 Å². The van der Waals surface area contributed by atoms with E-state index in [4.69, 9.17) is 4.74 Å². The molecule has 1 aromatic carbocycles. The maximum atomic E-state index is 13.1. The first-order valence-electron chi connectivity index (χ1n) is 10.6. The summed E-state index contributed by atoms with van der Waals surface area (Å²) in [6.45, 7) is 10.9. The third-order valence-corrected chi connectivity index (χ3v) is 6.42. The van der Waals surface area contributed by atoms with Crippen molar-refractivity contribution < 1.29 is 27.9 Å². The summed E-state index contributed by atoms with van der Waals surface area (Å²) in [4.78, 5) is 23.6. The number of carboxylic acid groups (broad SMARTS) is 1. The quantitative estimate of drug-likeness (QED) is 0.497. The number of aryl methyl sites for hydroxylation is 1. The van der Waals surface area contributed by atoms with Gasteiger partial charge in [0.1, 0.15) is 10.6 Å². The number of nitrogens with one attached hydrogen (secondary N) is 2. The lowest BCUT2D eigenvalue weighted by Gasteiger charge is -2.19. The largest absolute Gasteiger partial charge is 0.476 e. The van der Waals surface area contributed by atoms with Gasteiger partial charge in [0.15, 0.2) is 5.69 Å². The zero-order chi connectivity index (χ0) is 25.1. The standard InChI is InChI=1S/C22H32N4O6S/c1-8-13(2)25-33(30,31)17-11-15(23-18(27)12-22(4,5)6)9-10-16(17)32-20-14(3)19(21(28)29)24-26(20)7/h9-11,13,25H,8,12H2,1-7H3,(H,23,27)(H,28,29)/t13-/m1/s1. The van der Waals surface area contributed by atoms with Crippen LogP contribution in [0.3, 0.4) is 0 Å². The van der Waals surface area contributed by atoms with Crippen LogP contribution < -0.4 is 14.8 Å². The van der Waals surface area contributed by atoms with E-state index in [0.717, 1.165) is 0 Å². The number of nitrogens with zero attached hydrogens (tertiary/aromatic N) is 2. The molecule has 0 aliphatic rings. The number of aromatic carboxylic acids is 1. The molecular weight excluding hydrogens is 448 g/mol.